The lowest BCUT2D eigenvalue weighted by Crippen LogP contribution is -2.01. The molecule has 0 atom stereocenters. The average Bonchev–Trinajstić information content (AvgIpc) is 2.88. The monoisotopic (exact) mass is 278 g/mol. The fourth-order valence-electron chi connectivity index (χ4n) is 2.40. The minimum absolute atomic E-state index is 0.265. The molecule has 3 aromatic rings. The van der Waals surface area contributed by atoms with E-state index in [0.717, 1.165) is 5.52 Å². The summed E-state index contributed by atoms with van der Waals surface area (Å²) in [5.41, 5.74) is 2.68. The molecule has 0 aliphatic heterocycles. The fourth-order valence-corrected chi connectivity index (χ4v) is 2.40. The van der Waals surface area contributed by atoms with Gasteiger partial charge in [0, 0.05) is 28.2 Å². The molecule has 1 aromatic heterocycles. The normalized spacial score (nSPS) is 10.5. The number of hydrogen-bond donors (Lipinski definition) is 1. The Morgan fingerprint density at radius 1 is 1.24 bits per heavy atom. The summed E-state index contributed by atoms with van der Waals surface area (Å²) in [5, 5.41) is 9.63. The number of nitrogens with one attached hydrogen (secondary N) is 1. The molecule has 102 valence electrons. The molecule has 3 rings (SSSR count). The molecule has 0 spiro atoms. The molecule has 0 aliphatic carbocycles. The SMILES string of the molecule is Cc1cc(F)cc(C(=O)c2c[nH]c3ccc(C#N)cc23)c1. The van der Waals surface area contributed by atoms with Crippen LogP contribution in [0.5, 0.6) is 0 Å². The molecule has 4 heteroatoms. The van der Waals surface area contributed by atoms with E-state index in [2.05, 4.69) is 4.98 Å². The zero-order valence-corrected chi connectivity index (χ0v) is 11.3. The maximum atomic E-state index is 13.5. The number of aryl methyl sites for hydroxylation is 1. The smallest absolute Gasteiger partial charge is 0.195 e. The van der Waals surface area contributed by atoms with Crippen LogP contribution in [-0.4, -0.2) is 10.8 Å². The number of H-pyrrole nitrogens is 1. The number of benzene rings is 2. The number of aromatic amines is 1. The summed E-state index contributed by atoms with van der Waals surface area (Å²) in [6.45, 7) is 1.74. The highest BCUT2D eigenvalue weighted by Crippen LogP contribution is 2.23. The van der Waals surface area contributed by atoms with Gasteiger partial charge in [-0.15, -0.1) is 0 Å². The topological polar surface area (TPSA) is 56.6 Å². The molecule has 0 saturated heterocycles. The van der Waals surface area contributed by atoms with E-state index in [9.17, 15) is 9.18 Å². The second kappa shape index (κ2) is 4.88. The Labute approximate surface area is 120 Å². The second-order valence-electron chi connectivity index (χ2n) is 4.92. The zero-order valence-electron chi connectivity index (χ0n) is 11.3. The Bertz CT molecular complexity index is 883. The lowest BCUT2D eigenvalue weighted by Gasteiger charge is -2.02. The molecule has 2 aromatic carbocycles. The van der Waals surface area contributed by atoms with Crippen LogP contribution >= 0.6 is 0 Å². The van der Waals surface area contributed by atoms with Crippen molar-refractivity contribution in [2.75, 3.05) is 0 Å². The highest BCUT2D eigenvalue weighted by Gasteiger charge is 2.15. The summed E-state index contributed by atoms with van der Waals surface area (Å²) in [6, 6.07) is 11.4. The minimum Gasteiger partial charge on any atom is -0.360 e. The van der Waals surface area contributed by atoms with Crippen molar-refractivity contribution in [3.05, 3.63) is 70.7 Å². The molecule has 0 aliphatic rings. The van der Waals surface area contributed by atoms with E-state index in [0.29, 0.717) is 27.6 Å². The van der Waals surface area contributed by atoms with Gasteiger partial charge in [-0.3, -0.25) is 4.79 Å². The van der Waals surface area contributed by atoms with Crippen LogP contribution in [0.1, 0.15) is 27.0 Å². The molecule has 0 bridgehead atoms. The fraction of sp³-hybridized carbons (Fsp3) is 0.0588. The van der Waals surface area contributed by atoms with Crippen LogP contribution in [0.15, 0.2) is 42.6 Å². The van der Waals surface area contributed by atoms with E-state index < -0.39 is 5.82 Å². The van der Waals surface area contributed by atoms with Crippen molar-refractivity contribution < 1.29 is 9.18 Å². The van der Waals surface area contributed by atoms with Crippen molar-refractivity contribution in [1.82, 2.24) is 4.98 Å². The molecule has 1 heterocycles. The van der Waals surface area contributed by atoms with E-state index in [1.807, 2.05) is 6.07 Å². The van der Waals surface area contributed by atoms with Gasteiger partial charge in [-0.05, 0) is 48.9 Å². The largest absolute Gasteiger partial charge is 0.360 e. The van der Waals surface area contributed by atoms with Crippen molar-refractivity contribution in [2.24, 2.45) is 0 Å². The predicted octanol–water partition coefficient (Wildman–Crippen LogP) is 3.72. The predicted molar refractivity (Wildman–Crippen MR) is 77.6 cm³/mol. The Morgan fingerprint density at radius 2 is 2.05 bits per heavy atom. The number of carbonyl (C=O) groups excluding carboxylic acids is 1. The van der Waals surface area contributed by atoms with Gasteiger partial charge in [0.15, 0.2) is 5.78 Å². The number of hydrogen-bond acceptors (Lipinski definition) is 2. The van der Waals surface area contributed by atoms with E-state index >= 15 is 0 Å². The van der Waals surface area contributed by atoms with Crippen molar-refractivity contribution in [3.8, 4) is 6.07 Å². The summed E-state index contributed by atoms with van der Waals surface area (Å²) in [6.07, 6.45) is 1.59. The second-order valence-corrected chi connectivity index (χ2v) is 4.92. The number of aromatic nitrogens is 1. The van der Waals surface area contributed by atoms with Gasteiger partial charge in [-0.25, -0.2) is 4.39 Å². The third-order valence-corrected chi connectivity index (χ3v) is 3.36. The van der Waals surface area contributed by atoms with Gasteiger partial charge in [0.1, 0.15) is 5.82 Å². The third-order valence-electron chi connectivity index (χ3n) is 3.36. The number of ketones is 1. The van der Waals surface area contributed by atoms with Crippen LogP contribution in [0.2, 0.25) is 0 Å². The average molecular weight is 278 g/mol. The van der Waals surface area contributed by atoms with Gasteiger partial charge in [0.25, 0.3) is 0 Å². The van der Waals surface area contributed by atoms with Gasteiger partial charge >= 0.3 is 0 Å². The Balaban J connectivity index is 2.15. The Kier molecular flexibility index (Phi) is 3.03. The molecule has 0 fully saturated rings. The molecule has 0 amide bonds. The molecule has 0 saturated carbocycles. The number of halogens is 1. The number of nitrogens with zero attached hydrogens (tertiary/aromatic N) is 1. The number of rotatable bonds is 2. The molecule has 0 radical (unpaired) electrons. The summed E-state index contributed by atoms with van der Waals surface area (Å²) in [7, 11) is 0. The summed E-state index contributed by atoms with van der Waals surface area (Å²) >= 11 is 0. The van der Waals surface area contributed by atoms with E-state index in [4.69, 9.17) is 5.26 Å². The third kappa shape index (κ3) is 2.30. The molecule has 21 heavy (non-hydrogen) atoms. The Morgan fingerprint density at radius 3 is 2.76 bits per heavy atom. The number of carbonyl (C=O) groups is 1. The van der Waals surface area contributed by atoms with Gasteiger partial charge in [-0.2, -0.15) is 5.26 Å². The zero-order chi connectivity index (χ0) is 15.0. The molecule has 0 unspecified atom stereocenters. The minimum atomic E-state index is -0.434. The van der Waals surface area contributed by atoms with Crippen LogP contribution in [0, 0.1) is 24.1 Å². The summed E-state index contributed by atoms with van der Waals surface area (Å²) in [5.74, 6) is -0.699. The molecule has 3 nitrogen and oxygen atoms in total. The van der Waals surface area contributed by atoms with Crippen molar-refractivity contribution in [1.29, 1.82) is 5.26 Å². The van der Waals surface area contributed by atoms with Crippen molar-refractivity contribution >= 4 is 16.7 Å². The maximum absolute atomic E-state index is 13.5. The first-order valence-electron chi connectivity index (χ1n) is 6.41. The first-order chi connectivity index (χ1) is 10.1. The van der Waals surface area contributed by atoms with Crippen LogP contribution in [0.25, 0.3) is 10.9 Å². The lowest BCUT2D eigenvalue weighted by molar-refractivity contribution is 0.104. The van der Waals surface area contributed by atoms with Gasteiger partial charge in [-0.1, -0.05) is 0 Å². The van der Waals surface area contributed by atoms with Gasteiger partial charge in [0.2, 0.25) is 0 Å². The summed E-state index contributed by atoms with van der Waals surface area (Å²) < 4.78 is 13.5. The van der Waals surface area contributed by atoms with Crippen molar-refractivity contribution in [2.45, 2.75) is 6.92 Å². The first-order valence-corrected chi connectivity index (χ1v) is 6.41. The molecule has 1 N–H and O–H groups in total. The van der Waals surface area contributed by atoms with Crippen LogP contribution < -0.4 is 0 Å². The quantitative estimate of drug-likeness (QED) is 0.726. The van der Waals surface area contributed by atoms with Crippen LogP contribution in [-0.2, 0) is 0 Å². The van der Waals surface area contributed by atoms with Crippen LogP contribution in [0.3, 0.4) is 0 Å². The maximum Gasteiger partial charge on any atom is 0.195 e. The van der Waals surface area contributed by atoms with E-state index in [-0.39, 0.29) is 5.78 Å². The highest BCUT2D eigenvalue weighted by atomic mass is 19.1. The van der Waals surface area contributed by atoms with Gasteiger partial charge < -0.3 is 4.98 Å². The molecular weight excluding hydrogens is 267 g/mol. The number of nitriles is 1. The van der Waals surface area contributed by atoms with E-state index in [1.165, 1.54) is 12.1 Å². The van der Waals surface area contributed by atoms with E-state index in [1.54, 1.807) is 37.4 Å². The highest BCUT2D eigenvalue weighted by molar-refractivity contribution is 6.16. The Hall–Kier alpha value is -2.93. The van der Waals surface area contributed by atoms with Gasteiger partial charge in [0.05, 0.1) is 11.6 Å². The number of fused-ring (bicyclic) bond motifs is 1. The lowest BCUT2D eigenvalue weighted by atomic mass is 10.00. The first kappa shape index (κ1) is 13.1. The molecular formula is C17H11FN2O. The van der Waals surface area contributed by atoms with Crippen molar-refractivity contribution in [3.63, 3.8) is 0 Å². The van der Waals surface area contributed by atoms with Crippen LogP contribution in [0.4, 0.5) is 4.39 Å². The summed E-state index contributed by atoms with van der Waals surface area (Å²) in [4.78, 5) is 15.6. The standard InChI is InChI=1S/C17H11FN2O/c1-10-4-12(7-13(18)5-10)17(21)15-9-20-16-3-2-11(8-19)6-14(15)16/h2-7,9,20H,1H3.